The molecule has 0 saturated heterocycles. The Labute approximate surface area is 119 Å². The van der Waals surface area contributed by atoms with Gasteiger partial charge in [0.1, 0.15) is 23.8 Å². The standard InChI is InChI=1S/C13H12ClF2N3O/c1-7(2)19-13(17-6-18-19)5-12(20)8-3-11(16)9(14)4-10(8)15/h3-4,6-7H,5H2,1-2H3. The van der Waals surface area contributed by atoms with Crippen LogP contribution in [0.25, 0.3) is 0 Å². The van der Waals surface area contributed by atoms with E-state index in [2.05, 4.69) is 10.1 Å². The van der Waals surface area contributed by atoms with Crippen molar-refractivity contribution in [3.63, 3.8) is 0 Å². The van der Waals surface area contributed by atoms with Gasteiger partial charge in [-0.15, -0.1) is 0 Å². The molecule has 4 nitrogen and oxygen atoms in total. The number of hydrogen-bond donors (Lipinski definition) is 0. The number of halogens is 3. The van der Waals surface area contributed by atoms with E-state index in [-0.39, 0.29) is 23.0 Å². The summed E-state index contributed by atoms with van der Waals surface area (Å²) in [5, 5.41) is 3.62. The minimum absolute atomic E-state index is 0.0205. The first-order chi connectivity index (χ1) is 9.40. The zero-order valence-corrected chi connectivity index (χ0v) is 11.7. The van der Waals surface area contributed by atoms with Crippen molar-refractivity contribution in [2.24, 2.45) is 0 Å². The van der Waals surface area contributed by atoms with E-state index >= 15 is 0 Å². The lowest BCUT2D eigenvalue weighted by atomic mass is 10.1. The van der Waals surface area contributed by atoms with Crippen molar-refractivity contribution < 1.29 is 13.6 Å². The van der Waals surface area contributed by atoms with Gasteiger partial charge in [-0.05, 0) is 26.0 Å². The molecule has 0 unspecified atom stereocenters. The van der Waals surface area contributed by atoms with Crippen LogP contribution in [0.2, 0.25) is 5.02 Å². The van der Waals surface area contributed by atoms with Crippen molar-refractivity contribution in [2.45, 2.75) is 26.3 Å². The molecule has 0 aliphatic heterocycles. The van der Waals surface area contributed by atoms with Crippen molar-refractivity contribution in [1.29, 1.82) is 0 Å². The monoisotopic (exact) mass is 299 g/mol. The fourth-order valence-electron chi connectivity index (χ4n) is 1.81. The number of carbonyl (C=O) groups is 1. The highest BCUT2D eigenvalue weighted by molar-refractivity contribution is 6.30. The Balaban J connectivity index is 2.29. The molecule has 0 fully saturated rings. The molecule has 0 radical (unpaired) electrons. The Bertz CT molecular complexity index is 655. The van der Waals surface area contributed by atoms with Crippen LogP contribution in [-0.4, -0.2) is 20.5 Å². The van der Waals surface area contributed by atoms with E-state index in [9.17, 15) is 13.6 Å². The Morgan fingerprint density at radius 2 is 2.05 bits per heavy atom. The number of benzene rings is 1. The summed E-state index contributed by atoms with van der Waals surface area (Å²) in [6.45, 7) is 3.76. The maximum Gasteiger partial charge on any atom is 0.173 e. The van der Waals surface area contributed by atoms with Crippen LogP contribution in [0.3, 0.4) is 0 Å². The number of ketones is 1. The van der Waals surface area contributed by atoms with Gasteiger partial charge in [0.15, 0.2) is 5.78 Å². The second kappa shape index (κ2) is 5.66. The number of carbonyl (C=O) groups excluding carboxylic acids is 1. The fraction of sp³-hybridized carbons (Fsp3) is 0.308. The molecular weight excluding hydrogens is 288 g/mol. The van der Waals surface area contributed by atoms with Crippen LogP contribution in [0.1, 0.15) is 36.1 Å². The van der Waals surface area contributed by atoms with E-state index in [1.165, 1.54) is 6.33 Å². The highest BCUT2D eigenvalue weighted by Crippen LogP contribution is 2.20. The molecule has 0 bridgehead atoms. The molecule has 0 spiro atoms. The summed E-state index contributed by atoms with van der Waals surface area (Å²) in [7, 11) is 0. The van der Waals surface area contributed by atoms with Crippen LogP contribution >= 0.6 is 11.6 Å². The predicted octanol–water partition coefficient (Wildman–Crippen LogP) is 3.22. The van der Waals surface area contributed by atoms with Gasteiger partial charge in [0.25, 0.3) is 0 Å². The number of rotatable bonds is 4. The predicted molar refractivity (Wildman–Crippen MR) is 69.8 cm³/mol. The Morgan fingerprint density at radius 1 is 1.35 bits per heavy atom. The second-order valence-electron chi connectivity index (χ2n) is 4.56. The molecule has 7 heteroatoms. The summed E-state index contributed by atoms with van der Waals surface area (Å²) in [4.78, 5) is 16.0. The molecule has 1 aromatic heterocycles. The third kappa shape index (κ3) is 2.85. The van der Waals surface area contributed by atoms with Crippen LogP contribution in [0.5, 0.6) is 0 Å². The van der Waals surface area contributed by atoms with E-state index in [0.717, 1.165) is 12.1 Å². The minimum Gasteiger partial charge on any atom is -0.294 e. The topological polar surface area (TPSA) is 47.8 Å². The molecular formula is C13H12ClF2N3O. The van der Waals surface area contributed by atoms with Crippen molar-refractivity contribution in [3.05, 3.63) is 46.5 Å². The minimum atomic E-state index is -0.850. The molecule has 2 aromatic rings. The zero-order valence-electron chi connectivity index (χ0n) is 10.9. The lowest BCUT2D eigenvalue weighted by Crippen LogP contribution is -2.14. The van der Waals surface area contributed by atoms with E-state index in [1.807, 2.05) is 13.8 Å². The summed E-state index contributed by atoms with van der Waals surface area (Å²) in [6, 6.07) is 1.61. The molecule has 1 heterocycles. The van der Waals surface area contributed by atoms with E-state index in [4.69, 9.17) is 11.6 Å². The average Bonchev–Trinajstić information content (AvgIpc) is 2.81. The summed E-state index contributed by atoms with van der Waals surface area (Å²) in [5.74, 6) is -1.86. The highest BCUT2D eigenvalue weighted by Gasteiger charge is 2.19. The van der Waals surface area contributed by atoms with Gasteiger partial charge in [0.05, 0.1) is 17.0 Å². The molecule has 20 heavy (non-hydrogen) atoms. The van der Waals surface area contributed by atoms with Gasteiger partial charge in [-0.3, -0.25) is 4.79 Å². The first kappa shape index (κ1) is 14.6. The van der Waals surface area contributed by atoms with Gasteiger partial charge in [0, 0.05) is 6.04 Å². The SMILES string of the molecule is CC(C)n1ncnc1CC(=O)c1cc(F)c(Cl)cc1F. The first-order valence-electron chi connectivity index (χ1n) is 5.96. The smallest absolute Gasteiger partial charge is 0.173 e. The van der Waals surface area contributed by atoms with E-state index in [0.29, 0.717) is 5.82 Å². The zero-order chi connectivity index (χ0) is 14.9. The third-order valence-electron chi connectivity index (χ3n) is 2.77. The van der Waals surface area contributed by atoms with Gasteiger partial charge < -0.3 is 0 Å². The maximum atomic E-state index is 13.7. The molecule has 0 N–H and O–H groups in total. The average molecular weight is 300 g/mol. The first-order valence-corrected chi connectivity index (χ1v) is 6.34. The number of aromatic nitrogens is 3. The van der Waals surface area contributed by atoms with Gasteiger partial charge in [-0.25, -0.2) is 18.4 Å². The largest absolute Gasteiger partial charge is 0.294 e. The maximum absolute atomic E-state index is 13.7. The molecule has 0 atom stereocenters. The van der Waals surface area contributed by atoms with Crippen LogP contribution in [0.15, 0.2) is 18.5 Å². The van der Waals surface area contributed by atoms with Crippen LogP contribution < -0.4 is 0 Å². The summed E-state index contributed by atoms with van der Waals surface area (Å²) in [5.41, 5.74) is -0.342. The van der Waals surface area contributed by atoms with Gasteiger partial charge >= 0.3 is 0 Å². The fourth-order valence-corrected chi connectivity index (χ4v) is 1.96. The van der Waals surface area contributed by atoms with Gasteiger partial charge in [-0.1, -0.05) is 11.6 Å². The normalized spacial score (nSPS) is 11.1. The molecule has 0 aliphatic rings. The van der Waals surface area contributed by atoms with Crippen LogP contribution in [0, 0.1) is 11.6 Å². The number of hydrogen-bond acceptors (Lipinski definition) is 3. The Morgan fingerprint density at radius 3 is 2.70 bits per heavy atom. The van der Waals surface area contributed by atoms with Crippen molar-refractivity contribution >= 4 is 17.4 Å². The lowest BCUT2D eigenvalue weighted by Gasteiger charge is -2.09. The molecule has 0 aliphatic carbocycles. The molecule has 1 aromatic carbocycles. The summed E-state index contributed by atoms with van der Waals surface area (Å²) in [6.07, 6.45) is 1.16. The van der Waals surface area contributed by atoms with Crippen molar-refractivity contribution in [3.8, 4) is 0 Å². The Kier molecular flexibility index (Phi) is 4.13. The lowest BCUT2D eigenvalue weighted by molar-refractivity contribution is 0.0984. The van der Waals surface area contributed by atoms with Crippen LogP contribution in [-0.2, 0) is 6.42 Å². The van der Waals surface area contributed by atoms with Gasteiger partial charge in [0.2, 0.25) is 0 Å². The molecule has 0 amide bonds. The van der Waals surface area contributed by atoms with Crippen molar-refractivity contribution in [2.75, 3.05) is 0 Å². The molecule has 106 valence electrons. The van der Waals surface area contributed by atoms with Gasteiger partial charge in [-0.2, -0.15) is 5.10 Å². The van der Waals surface area contributed by atoms with E-state index in [1.54, 1.807) is 4.68 Å². The number of Topliss-reactive ketones (excluding diaryl/α,β-unsaturated/α-hetero) is 1. The van der Waals surface area contributed by atoms with Crippen LogP contribution in [0.4, 0.5) is 8.78 Å². The molecule has 2 rings (SSSR count). The molecule has 0 saturated carbocycles. The van der Waals surface area contributed by atoms with Crippen molar-refractivity contribution in [1.82, 2.24) is 14.8 Å². The third-order valence-corrected chi connectivity index (χ3v) is 3.06. The summed E-state index contributed by atoms with van der Waals surface area (Å²) < 4.78 is 28.5. The summed E-state index contributed by atoms with van der Waals surface area (Å²) >= 11 is 5.45. The quantitative estimate of drug-likeness (QED) is 0.643. The Hall–Kier alpha value is -1.82. The highest BCUT2D eigenvalue weighted by atomic mass is 35.5. The van der Waals surface area contributed by atoms with E-state index < -0.39 is 17.4 Å². The second-order valence-corrected chi connectivity index (χ2v) is 4.97. The number of nitrogens with zero attached hydrogens (tertiary/aromatic N) is 3.